The molecule has 0 aromatic heterocycles. The summed E-state index contributed by atoms with van der Waals surface area (Å²) in [6.45, 7) is -0.443. The van der Waals surface area contributed by atoms with E-state index in [0.717, 1.165) is 0 Å². The standard InChI is InChI=1S/CH4O3S/c2-1-4-5-3/h2-3H,1H2. The van der Waals surface area contributed by atoms with Crippen molar-refractivity contribution in [3.8, 4) is 0 Å². The Balaban J connectivity index is 2.19. The molecule has 0 heterocycles. The molecule has 0 aliphatic heterocycles. The highest BCUT2D eigenvalue weighted by molar-refractivity contribution is 7.88. The maximum atomic E-state index is 7.66. The first-order chi connectivity index (χ1) is 2.41. The van der Waals surface area contributed by atoms with Gasteiger partial charge in [-0.05, 0) is 0 Å². The Morgan fingerprint density at radius 1 is 1.80 bits per heavy atom. The van der Waals surface area contributed by atoms with E-state index in [1.165, 1.54) is 0 Å². The highest BCUT2D eigenvalue weighted by atomic mass is 32.2. The monoisotopic (exact) mass is 96.0 g/mol. The van der Waals surface area contributed by atoms with Crippen molar-refractivity contribution in [3.63, 3.8) is 0 Å². The summed E-state index contributed by atoms with van der Waals surface area (Å²) in [5, 5.41) is 7.66. The van der Waals surface area contributed by atoms with Crippen LogP contribution in [0.2, 0.25) is 0 Å². The molecule has 0 bridgehead atoms. The quantitative estimate of drug-likeness (QED) is 0.377. The Labute approximate surface area is 34.0 Å². The van der Waals surface area contributed by atoms with Gasteiger partial charge in [0.05, 0.1) is 0 Å². The van der Waals surface area contributed by atoms with E-state index in [0.29, 0.717) is 0 Å². The summed E-state index contributed by atoms with van der Waals surface area (Å²) in [5.41, 5.74) is 0. The van der Waals surface area contributed by atoms with Crippen LogP contribution in [0.15, 0.2) is 0 Å². The van der Waals surface area contributed by atoms with Crippen LogP contribution in [0.25, 0.3) is 0 Å². The Morgan fingerprint density at radius 2 is 2.40 bits per heavy atom. The van der Waals surface area contributed by atoms with Gasteiger partial charge in [-0.2, -0.15) is 0 Å². The normalized spacial score (nSPS) is 8.40. The first-order valence-electron chi connectivity index (χ1n) is 0.954. The zero-order valence-electron chi connectivity index (χ0n) is 2.42. The van der Waals surface area contributed by atoms with Crippen LogP contribution < -0.4 is 0 Å². The molecule has 4 heteroatoms. The van der Waals surface area contributed by atoms with Gasteiger partial charge >= 0.3 is 0 Å². The fourth-order valence-corrected chi connectivity index (χ4v) is 0.0707. The summed E-state index contributed by atoms with van der Waals surface area (Å²) in [6, 6.07) is 0. The average molecular weight is 96.1 g/mol. The minimum Gasteiger partial charge on any atom is -0.369 e. The van der Waals surface area contributed by atoms with Crippen LogP contribution in [0.4, 0.5) is 0 Å². The molecule has 0 spiro atoms. The molecule has 0 aliphatic rings. The van der Waals surface area contributed by atoms with Gasteiger partial charge in [-0.3, -0.25) is 4.18 Å². The molecule has 0 atom stereocenters. The predicted molar refractivity (Wildman–Crippen MR) is 18.4 cm³/mol. The molecule has 0 fully saturated rings. The molecule has 32 valence electrons. The van der Waals surface area contributed by atoms with E-state index in [9.17, 15) is 0 Å². The van der Waals surface area contributed by atoms with E-state index in [1.807, 2.05) is 0 Å². The number of rotatable bonds is 2. The second-order valence-corrected chi connectivity index (χ2v) is 0.706. The summed E-state index contributed by atoms with van der Waals surface area (Å²) in [4.78, 5) is 0. The third-order valence-electron chi connectivity index (χ3n) is 0.105. The van der Waals surface area contributed by atoms with Crippen LogP contribution >= 0.6 is 12.3 Å². The first kappa shape index (κ1) is 5.23. The highest BCUT2D eigenvalue weighted by Gasteiger charge is 1.68. The summed E-state index contributed by atoms with van der Waals surface area (Å²) in [7, 11) is 0. The van der Waals surface area contributed by atoms with E-state index < -0.39 is 6.79 Å². The van der Waals surface area contributed by atoms with Crippen molar-refractivity contribution in [2.75, 3.05) is 6.79 Å². The Bertz CT molecular complexity index is 14.4. The van der Waals surface area contributed by atoms with Crippen molar-refractivity contribution < 1.29 is 13.8 Å². The van der Waals surface area contributed by atoms with Crippen molar-refractivity contribution in [3.05, 3.63) is 0 Å². The second-order valence-electron chi connectivity index (χ2n) is 0.321. The van der Waals surface area contributed by atoms with Crippen LogP contribution in [-0.2, 0) is 4.18 Å². The maximum Gasteiger partial charge on any atom is 0.159 e. The molecule has 0 saturated heterocycles. The highest BCUT2D eigenvalue weighted by Crippen LogP contribution is 1.87. The van der Waals surface area contributed by atoms with Crippen LogP contribution in [0.5, 0.6) is 0 Å². The molecule has 0 rings (SSSR count). The molecular formula is CH4O3S. The SMILES string of the molecule is OCOSO. The minimum atomic E-state index is -0.443. The summed E-state index contributed by atoms with van der Waals surface area (Å²) < 4.78 is 11.5. The largest absolute Gasteiger partial charge is 0.369 e. The lowest BCUT2D eigenvalue weighted by Crippen LogP contribution is -1.77. The van der Waals surface area contributed by atoms with Gasteiger partial charge in [0.15, 0.2) is 19.1 Å². The lowest BCUT2D eigenvalue weighted by Gasteiger charge is -1.81. The minimum absolute atomic E-state index is 0.152. The van der Waals surface area contributed by atoms with E-state index in [-0.39, 0.29) is 12.3 Å². The summed E-state index contributed by atoms with van der Waals surface area (Å²) in [5.74, 6) is 0. The van der Waals surface area contributed by atoms with E-state index in [1.54, 1.807) is 0 Å². The molecule has 0 aromatic rings. The van der Waals surface area contributed by atoms with E-state index in [4.69, 9.17) is 9.66 Å². The van der Waals surface area contributed by atoms with E-state index in [2.05, 4.69) is 4.18 Å². The Morgan fingerprint density at radius 3 is 2.40 bits per heavy atom. The van der Waals surface area contributed by atoms with Gasteiger partial charge in [0.1, 0.15) is 0 Å². The van der Waals surface area contributed by atoms with Crippen LogP contribution in [-0.4, -0.2) is 16.5 Å². The molecular weight excluding hydrogens is 92.1 g/mol. The number of hydrogen-bond acceptors (Lipinski definition) is 4. The van der Waals surface area contributed by atoms with Crippen molar-refractivity contribution in [1.29, 1.82) is 0 Å². The van der Waals surface area contributed by atoms with Crippen LogP contribution in [0, 0.1) is 0 Å². The van der Waals surface area contributed by atoms with E-state index >= 15 is 0 Å². The summed E-state index contributed by atoms with van der Waals surface area (Å²) >= 11 is 0.152. The van der Waals surface area contributed by atoms with Crippen molar-refractivity contribution in [2.45, 2.75) is 0 Å². The number of hydrogen-bond donors (Lipinski definition) is 2. The van der Waals surface area contributed by atoms with Gasteiger partial charge in [0.25, 0.3) is 0 Å². The third-order valence-corrected chi connectivity index (χ3v) is 0.316. The fraction of sp³-hybridized carbons (Fsp3) is 1.00. The van der Waals surface area contributed by atoms with Gasteiger partial charge in [-0.15, -0.1) is 0 Å². The molecule has 2 N–H and O–H groups in total. The lowest BCUT2D eigenvalue weighted by molar-refractivity contribution is 0.113. The zero-order valence-corrected chi connectivity index (χ0v) is 3.23. The molecule has 0 unspecified atom stereocenters. The average Bonchev–Trinajstić information content (AvgIpc) is 1.41. The van der Waals surface area contributed by atoms with Crippen LogP contribution in [0.1, 0.15) is 0 Å². The fourth-order valence-electron chi connectivity index (χ4n) is 0.0236. The first-order valence-corrected chi connectivity index (χ1v) is 1.65. The van der Waals surface area contributed by atoms with Gasteiger partial charge in [-0.1, -0.05) is 0 Å². The topological polar surface area (TPSA) is 49.7 Å². The molecule has 3 nitrogen and oxygen atoms in total. The number of aliphatic hydroxyl groups is 1. The van der Waals surface area contributed by atoms with Crippen molar-refractivity contribution in [1.82, 2.24) is 0 Å². The van der Waals surface area contributed by atoms with Crippen LogP contribution in [0.3, 0.4) is 0 Å². The molecule has 0 aliphatic carbocycles. The van der Waals surface area contributed by atoms with Gasteiger partial charge < -0.3 is 9.66 Å². The third kappa shape index (κ3) is 4.23. The Kier molecular flexibility index (Phi) is 4.42. The van der Waals surface area contributed by atoms with Crippen molar-refractivity contribution >= 4 is 12.3 Å². The Hall–Kier alpha value is 0.230. The smallest absolute Gasteiger partial charge is 0.159 e. The molecule has 0 radical (unpaired) electrons. The van der Waals surface area contributed by atoms with Gasteiger partial charge in [0, 0.05) is 0 Å². The molecule has 0 amide bonds. The van der Waals surface area contributed by atoms with Crippen molar-refractivity contribution in [2.24, 2.45) is 0 Å². The van der Waals surface area contributed by atoms with Gasteiger partial charge in [-0.25, -0.2) is 0 Å². The molecule has 0 saturated carbocycles. The zero-order chi connectivity index (χ0) is 4.12. The summed E-state index contributed by atoms with van der Waals surface area (Å²) in [6.07, 6.45) is 0. The maximum absolute atomic E-state index is 7.66. The number of aliphatic hydroxyl groups excluding tert-OH is 1. The second kappa shape index (κ2) is 4.23. The van der Waals surface area contributed by atoms with Gasteiger partial charge in [0.2, 0.25) is 0 Å². The molecule has 0 aromatic carbocycles. The predicted octanol–water partition coefficient (Wildman–Crippen LogP) is 0.0740. The lowest BCUT2D eigenvalue weighted by atomic mass is 11.6. The molecule has 5 heavy (non-hydrogen) atoms.